The Labute approximate surface area is 166 Å². The van der Waals surface area contributed by atoms with Gasteiger partial charge in [0.15, 0.2) is 0 Å². The van der Waals surface area contributed by atoms with Gasteiger partial charge in [-0.1, -0.05) is 19.1 Å². The van der Waals surface area contributed by atoms with Crippen molar-refractivity contribution < 1.29 is 32.2 Å². The van der Waals surface area contributed by atoms with Gasteiger partial charge >= 0.3 is 12.5 Å². The van der Waals surface area contributed by atoms with E-state index in [-0.39, 0.29) is 34.9 Å². The summed E-state index contributed by atoms with van der Waals surface area (Å²) >= 11 is 0. The molecule has 29 heavy (non-hydrogen) atoms. The average molecular weight is 412 g/mol. The Morgan fingerprint density at radius 2 is 2.10 bits per heavy atom. The number of rotatable bonds is 3. The number of nitrogens with zero attached hydrogens (tertiary/aromatic N) is 1. The monoisotopic (exact) mass is 412 g/mol. The second-order valence-electron chi connectivity index (χ2n) is 8.36. The molecule has 1 spiro atoms. The van der Waals surface area contributed by atoms with Crippen LogP contribution in [-0.2, 0) is 9.53 Å². The van der Waals surface area contributed by atoms with Crippen LogP contribution in [0.4, 0.5) is 18.0 Å². The summed E-state index contributed by atoms with van der Waals surface area (Å²) in [5.74, 6) is -0.0923. The Hall–Kier alpha value is -2.45. The van der Waals surface area contributed by atoms with Gasteiger partial charge in [0, 0.05) is 19.0 Å². The highest BCUT2D eigenvalue weighted by Crippen LogP contribution is 2.43. The molecule has 0 unspecified atom stereocenters. The number of cyclic esters (lactones) is 1. The number of carbonyl (C=O) groups excluding carboxylic acids is 2. The van der Waals surface area contributed by atoms with Crippen molar-refractivity contribution in [2.75, 3.05) is 19.7 Å². The Bertz CT molecular complexity index is 807. The lowest BCUT2D eigenvalue weighted by Crippen LogP contribution is -2.59. The van der Waals surface area contributed by atoms with E-state index in [4.69, 9.17) is 4.74 Å². The molecule has 0 radical (unpaired) electrons. The van der Waals surface area contributed by atoms with Crippen molar-refractivity contribution in [1.29, 1.82) is 0 Å². The third-order valence-electron chi connectivity index (χ3n) is 6.21. The first-order chi connectivity index (χ1) is 13.6. The van der Waals surface area contributed by atoms with Gasteiger partial charge in [0.05, 0.1) is 5.54 Å². The molecular weight excluding hydrogens is 389 g/mol. The molecule has 2 atom stereocenters. The number of alkyl carbamates (subject to hydrolysis) is 1. The highest BCUT2D eigenvalue weighted by molar-refractivity contribution is 5.81. The van der Waals surface area contributed by atoms with E-state index >= 15 is 0 Å². The van der Waals surface area contributed by atoms with Crippen LogP contribution in [0.2, 0.25) is 0 Å². The Morgan fingerprint density at radius 1 is 1.34 bits per heavy atom. The number of piperidine rings is 1. The van der Waals surface area contributed by atoms with E-state index in [9.17, 15) is 22.8 Å². The van der Waals surface area contributed by atoms with Crippen LogP contribution in [0.1, 0.15) is 37.7 Å². The molecule has 4 rings (SSSR count). The van der Waals surface area contributed by atoms with Gasteiger partial charge in [-0.15, -0.1) is 13.2 Å². The molecule has 2 heterocycles. The zero-order chi connectivity index (χ0) is 20.8. The van der Waals surface area contributed by atoms with Crippen molar-refractivity contribution in [3.63, 3.8) is 0 Å². The van der Waals surface area contributed by atoms with Gasteiger partial charge in [-0.25, -0.2) is 4.79 Å². The third-order valence-corrected chi connectivity index (χ3v) is 6.21. The van der Waals surface area contributed by atoms with Crippen LogP contribution >= 0.6 is 0 Å². The van der Waals surface area contributed by atoms with Gasteiger partial charge in [-0.05, 0) is 48.8 Å². The maximum atomic E-state index is 12.8. The standard InChI is InChI=1S/C20H23F3N2O4/c1-12-10-25(17(26)14-8-19(9-14)11-28-18(27)24-19)6-5-16(12)13-3-2-4-15(7-13)29-20(21,22)23/h2-4,7,12,14,16H,5-6,8-11H2,1H3,(H,24,27)/t12-,14-,16+,19+/m0/s1. The molecule has 3 aliphatic rings. The first-order valence-electron chi connectivity index (χ1n) is 9.74. The van der Waals surface area contributed by atoms with Crippen LogP contribution in [-0.4, -0.2) is 48.5 Å². The van der Waals surface area contributed by atoms with E-state index < -0.39 is 12.5 Å². The minimum atomic E-state index is -4.72. The van der Waals surface area contributed by atoms with E-state index in [1.54, 1.807) is 12.1 Å². The van der Waals surface area contributed by atoms with Gasteiger partial charge in [-0.2, -0.15) is 0 Å². The highest BCUT2D eigenvalue weighted by Gasteiger charge is 2.53. The number of hydrogen-bond donors (Lipinski definition) is 1. The van der Waals surface area contributed by atoms with E-state index in [0.717, 1.165) is 5.56 Å². The molecular formula is C20H23F3N2O4. The van der Waals surface area contributed by atoms with Crippen molar-refractivity contribution in [3.05, 3.63) is 29.8 Å². The Kier molecular flexibility index (Phi) is 4.86. The lowest BCUT2D eigenvalue weighted by atomic mass is 9.68. The number of alkyl halides is 3. The predicted octanol–water partition coefficient (Wildman–Crippen LogP) is 3.43. The van der Waals surface area contributed by atoms with E-state index in [1.165, 1.54) is 12.1 Å². The number of benzene rings is 1. The van der Waals surface area contributed by atoms with Crippen LogP contribution in [0, 0.1) is 11.8 Å². The molecule has 1 saturated carbocycles. The van der Waals surface area contributed by atoms with Gasteiger partial charge in [0.25, 0.3) is 0 Å². The number of amides is 2. The summed E-state index contributed by atoms with van der Waals surface area (Å²) < 4.78 is 46.4. The summed E-state index contributed by atoms with van der Waals surface area (Å²) in [5, 5.41) is 2.79. The molecule has 2 saturated heterocycles. The van der Waals surface area contributed by atoms with Crippen molar-refractivity contribution in [3.8, 4) is 5.75 Å². The second-order valence-corrected chi connectivity index (χ2v) is 8.36. The topological polar surface area (TPSA) is 67.9 Å². The molecule has 1 aromatic carbocycles. The summed E-state index contributed by atoms with van der Waals surface area (Å²) in [5.41, 5.74) is 0.403. The number of ether oxygens (including phenoxy) is 2. The molecule has 6 nitrogen and oxygen atoms in total. The minimum Gasteiger partial charge on any atom is -0.447 e. The number of halogens is 3. The largest absolute Gasteiger partial charge is 0.573 e. The minimum absolute atomic E-state index is 0.0612. The Morgan fingerprint density at radius 3 is 2.72 bits per heavy atom. The maximum absolute atomic E-state index is 12.8. The van der Waals surface area contributed by atoms with E-state index in [2.05, 4.69) is 10.1 Å². The number of nitrogens with one attached hydrogen (secondary N) is 1. The first kappa shape index (κ1) is 19.8. The smallest absolute Gasteiger partial charge is 0.447 e. The molecule has 2 amide bonds. The molecule has 158 valence electrons. The van der Waals surface area contributed by atoms with Crippen molar-refractivity contribution >= 4 is 12.0 Å². The molecule has 3 fully saturated rings. The van der Waals surface area contributed by atoms with Crippen LogP contribution in [0.15, 0.2) is 24.3 Å². The van der Waals surface area contributed by atoms with Crippen molar-refractivity contribution in [1.82, 2.24) is 10.2 Å². The van der Waals surface area contributed by atoms with Crippen LogP contribution < -0.4 is 10.1 Å². The zero-order valence-corrected chi connectivity index (χ0v) is 16.0. The van der Waals surface area contributed by atoms with Gasteiger partial charge in [0.2, 0.25) is 5.91 Å². The van der Waals surface area contributed by atoms with Gasteiger partial charge in [0.1, 0.15) is 12.4 Å². The highest BCUT2D eigenvalue weighted by atomic mass is 19.4. The molecule has 0 aromatic heterocycles. The number of hydrogen-bond acceptors (Lipinski definition) is 4. The number of carbonyl (C=O) groups is 2. The quantitative estimate of drug-likeness (QED) is 0.826. The maximum Gasteiger partial charge on any atom is 0.573 e. The lowest BCUT2D eigenvalue weighted by molar-refractivity contribution is -0.274. The summed E-state index contributed by atoms with van der Waals surface area (Å²) in [4.78, 5) is 25.9. The average Bonchev–Trinajstić information content (AvgIpc) is 3.01. The SMILES string of the molecule is C[C@H]1CN(C(=O)[C@H]2C[C@]3(COC(=O)N3)C2)CC[C@H]1c1cccc(OC(F)(F)F)c1. The van der Waals surface area contributed by atoms with Crippen LogP contribution in [0.5, 0.6) is 5.75 Å². The van der Waals surface area contributed by atoms with E-state index in [0.29, 0.717) is 39.0 Å². The second kappa shape index (κ2) is 7.11. The van der Waals surface area contributed by atoms with Gasteiger partial charge < -0.3 is 19.7 Å². The van der Waals surface area contributed by atoms with E-state index in [1.807, 2.05) is 11.8 Å². The predicted molar refractivity (Wildman–Crippen MR) is 96.2 cm³/mol. The molecule has 2 aliphatic heterocycles. The van der Waals surface area contributed by atoms with Crippen LogP contribution in [0.3, 0.4) is 0 Å². The summed E-state index contributed by atoms with van der Waals surface area (Å²) in [6.07, 6.45) is -3.29. The fraction of sp³-hybridized carbons (Fsp3) is 0.600. The zero-order valence-electron chi connectivity index (χ0n) is 16.0. The fourth-order valence-corrected chi connectivity index (χ4v) is 4.81. The normalized spacial score (nSPS) is 31.8. The summed E-state index contributed by atoms with van der Waals surface area (Å²) in [7, 11) is 0. The summed E-state index contributed by atoms with van der Waals surface area (Å²) in [6.45, 7) is 3.43. The van der Waals surface area contributed by atoms with Crippen molar-refractivity contribution in [2.24, 2.45) is 11.8 Å². The van der Waals surface area contributed by atoms with Gasteiger partial charge in [-0.3, -0.25) is 4.79 Å². The number of likely N-dealkylation sites (tertiary alicyclic amines) is 1. The fourth-order valence-electron chi connectivity index (χ4n) is 4.81. The molecule has 1 N–H and O–H groups in total. The van der Waals surface area contributed by atoms with Crippen molar-refractivity contribution in [2.45, 2.75) is 44.0 Å². The molecule has 1 aromatic rings. The first-order valence-corrected chi connectivity index (χ1v) is 9.74. The molecule has 1 aliphatic carbocycles. The Balaban J connectivity index is 1.35. The summed E-state index contributed by atoms with van der Waals surface area (Å²) in [6, 6.07) is 6.09. The molecule has 0 bridgehead atoms. The lowest BCUT2D eigenvalue weighted by Gasteiger charge is -2.46. The third kappa shape index (κ3) is 4.13. The van der Waals surface area contributed by atoms with Crippen LogP contribution in [0.25, 0.3) is 0 Å². The molecule has 9 heteroatoms.